The Kier molecular flexibility index (Phi) is 7.50. The Hall–Kier alpha value is -1.83. The van der Waals surface area contributed by atoms with Crippen LogP contribution in [-0.2, 0) is 14.3 Å². The van der Waals surface area contributed by atoms with E-state index in [0.717, 1.165) is 0 Å². The number of rotatable bonds is 5. The molecule has 0 saturated carbocycles. The predicted octanol–water partition coefficient (Wildman–Crippen LogP) is 2.38. The van der Waals surface area contributed by atoms with Crippen molar-refractivity contribution in [2.45, 2.75) is 71.6 Å². The number of ether oxygens (including phenoxy) is 2. The molecule has 8 heteroatoms. The number of carbonyl (C=O) groups excluding carboxylic acids is 2. The fraction of sp³-hybridized carbons (Fsp3) is 0.800. The van der Waals surface area contributed by atoms with E-state index in [4.69, 9.17) is 14.6 Å². The maximum Gasteiger partial charge on any atom is 0.420 e. The summed E-state index contributed by atoms with van der Waals surface area (Å²) in [7, 11) is 0. The number of carbonyl (C=O) groups is 3. The van der Waals surface area contributed by atoms with Crippen molar-refractivity contribution in [2.75, 3.05) is 6.61 Å². The molecule has 0 aromatic rings. The van der Waals surface area contributed by atoms with E-state index in [1.165, 1.54) is 0 Å². The first kappa shape index (κ1) is 21.2. The molecule has 0 heterocycles. The second kappa shape index (κ2) is 8.14. The fourth-order valence-corrected chi connectivity index (χ4v) is 1.60. The fourth-order valence-electron chi connectivity index (χ4n) is 1.60. The minimum absolute atomic E-state index is 0.107. The lowest BCUT2D eigenvalue weighted by Crippen LogP contribution is -2.52. The van der Waals surface area contributed by atoms with Gasteiger partial charge in [-0.1, -0.05) is 0 Å². The molecule has 0 aliphatic carbocycles. The summed E-state index contributed by atoms with van der Waals surface area (Å²) in [6.07, 6.45) is -2.20. The van der Waals surface area contributed by atoms with E-state index >= 15 is 0 Å². The summed E-state index contributed by atoms with van der Waals surface area (Å²) in [6, 6.07) is -1.48. The van der Waals surface area contributed by atoms with Crippen LogP contribution in [0.1, 0.15) is 54.4 Å². The van der Waals surface area contributed by atoms with Gasteiger partial charge in [0, 0.05) is 6.61 Å². The summed E-state index contributed by atoms with van der Waals surface area (Å²) >= 11 is 0. The molecular weight excluding hydrogens is 306 g/mol. The van der Waals surface area contributed by atoms with Crippen LogP contribution in [0, 0.1) is 0 Å². The van der Waals surface area contributed by atoms with Crippen molar-refractivity contribution in [3.05, 3.63) is 0 Å². The average molecular weight is 333 g/mol. The Morgan fingerprint density at radius 3 is 1.61 bits per heavy atom. The number of imide groups is 1. The van der Waals surface area contributed by atoms with Crippen LogP contribution in [0.3, 0.4) is 0 Å². The van der Waals surface area contributed by atoms with Crippen LogP contribution in [0.4, 0.5) is 9.59 Å². The van der Waals surface area contributed by atoms with Crippen molar-refractivity contribution in [1.29, 1.82) is 0 Å². The smallest absolute Gasteiger partial charge is 0.420 e. The largest absolute Gasteiger partial charge is 0.480 e. The summed E-state index contributed by atoms with van der Waals surface area (Å²) < 4.78 is 10.2. The number of aliphatic hydroxyl groups is 1. The first-order valence-corrected chi connectivity index (χ1v) is 7.37. The van der Waals surface area contributed by atoms with Crippen molar-refractivity contribution in [2.24, 2.45) is 0 Å². The summed E-state index contributed by atoms with van der Waals surface area (Å²) in [5.74, 6) is -1.38. The minimum atomic E-state index is -1.48. The zero-order valence-electron chi connectivity index (χ0n) is 14.6. The van der Waals surface area contributed by atoms with Gasteiger partial charge < -0.3 is 19.7 Å². The third-order valence-corrected chi connectivity index (χ3v) is 2.41. The van der Waals surface area contributed by atoms with Crippen LogP contribution < -0.4 is 0 Å². The molecule has 23 heavy (non-hydrogen) atoms. The van der Waals surface area contributed by atoms with Gasteiger partial charge in [-0.15, -0.1) is 0 Å². The highest BCUT2D eigenvalue weighted by Crippen LogP contribution is 2.19. The van der Waals surface area contributed by atoms with E-state index < -0.39 is 35.4 Å². The highest BCUT2D eigenvalue weighted by molar-refractivity contribution is 5.93. The number of carboxylic acids is 1. The predicted molar refractivity (Wildman–Crippen MR) is 82.1 cm³/mol. The molecule has 0 aliphatic heterocycles. The molecule has 0 aromatic heterocycles. The molecule has 1 atom stereocenters. The molecule has 0 rings (SSSR count). The van der Waals surface area contributed by atoms with Crippen LogP contribution in [0.25, 0.3) is 0 Å². The van der Waals surface area contributed by atoms with Crippen molar-refractivity contribution >= 4 is 18.2 Å². The minimum Gasteiger partial charge on any atom is -0.480 e. The zero-order valence-corrected chi connectivity index (χ0v) is 14.6. The van der Waals surface area contributed by atoms with E-state index in [2.05, 4.69) is 0 Å². The van der Waals surface area contributed by atoms with Crippen molar-refractivity contribution in [3.63, 3.8) is 0 Å². The lowest BCUT2D eigenvalue weighted by Gasteiger charge is -2.31. The first-order valence-electron chi connectivity index (χ1n) is 7.37. The number of amides is 2. The lowest BCUT2D eigenvalue weighted by molar-refractivity contribution is -0.143. The molecule has 0 aliphatic rings. The van der Waals surface area contributed by atoms with Gasteiger partial charge in [-0.2, -0.15) is 4.90 Å². The number of nitrogens with zero attached hydrogens (tertiary/aromatic N) is 1. The lowest BCUT2D eigenvalue weighted by atomic mass is 10.1. The SMILES string of the molecule is CC(C)(C)OC(=O)N(C(=O)OC(C)(C)C)C(CCCO)C(=O)O. The quantitative estimate of drug-likeness (QED) is 0.794. The van der Waals surface area contributed by atoms with Crippen LogP contribution in [0.2, 0.25) is 0 Å². The Morgan fingerprint density at radius 1 is 0.957 bits per heavy atom. The topological polar surface area (TPSA) is 113 Å². The highest BCUT2D eigenvalue weighted by atomic mass is 16.6. The normalized spacial score (nSPS) is 13.2. The Morgan fingerprint density at radius 2 is 1.35 bits per heavy atom. The number of aliphatic carboxylic acids is 1. The van der Waals surface area contributed by atoms with Crippen LogP contribution in [0.15, 0.2) is 0 Å². The molecule has 1 unspecified atom stereocenters. The van der Waals surface area contributed by atoms with Crippen LogP contribution in [0.5, 0.6) is 0 Å². The molecule has 2 N–H and O–H groups in total. The summed E-state index contributed by atoms with van der Waals surface area (Å²) in [6.45, 7) is 9.33. The van der Waals surface area contributed by atoms with Crippen molar-refractivity contribution < 1.29 is 34.1 Å². The number of hydrogen-bond acceptors (Lipinski definition) is 6. The maximum absolute atomic E-state index is 12.3. The van der Waals surface area contributed by atoms with Gasteiger partial charge in [0.25, 0.3) is 0 Å². The van der Waals surface area contributed by atoms with E-state index in [-0.39, 0.29) is 19.4 Å². The number of aliphatic hydroxyl groups excluding tert-OH is 1. The standard InChI is InChI=1S/C15H27NO7/c1-14(2,3)22-12(20)16(13(21)23-15(4,5)6)10(11(18)19)8-7-9-17/h10,17H,7-9H2,1-6H3,(H,18,19). The first-order chi connectivity index (χ1) is 10.3. The molecule has 0 aromatic carbocycles. The summed E-state index contributed by atoms with van der Waals surface area (Å²) in [5.41, 5.74) is -1.81. The van der Waals surface area contributed by atoms with Gasteiger partial charge in [-0.05, 0) is 54.4 Å². The zero-order chi connectivity index (χ0) is 18.4. The van der Waals surface area contributed by atoms with Crippen LogP contribution in [-0.4, -0.2) is 57.1 Å². The molecule has 0 bridgehead atoms. The molecule has 0 radical (unpaired) electrons. The molecular formula is C15H27NO7. The molecule has 134 valence electrons. The Balaban J connectivity index is 5.53. The third kappa shape index (κ3) is 8.39. The van der Waals surface area contributed by atoms with Gasteiger partial charge >= 0.3 is 18.2 Å². The molecule has 8 nitrogen and oxygen atoms in total. The molecule has 0 spiro atoms. The van der Waals surface area contributed by atoms with E-state index in [1.807, 2.05) is 0 Å². The second-order valence-electron chi connectivity index (χ2n) is 7.05. The third-order valence-electron chi connectivity index (χ3n) is 2.41. The van der Waals surface area contributed by atoms with Gasteiger partial charge in [-0.25, -0.2) is 14.4 Å². The monoisotopic (exact) mass is 333 g/mol. The van der Waals surface area contributed by atoms with Crippen molar-refractivity contribution in [1.82, 2.24) is 4.90 Å². The molecule has 0 fully saturated rings. The Bertz CT molecular complexity index is 406. The average Bonchev–Trinajstić information content (AvgIpc) is 2.28. The second-order valence-corrected chi connectivity index (χ2v) is 7.05. The van der Waals surface area contributed by atoms with Crippen molar-refractivity contribution in [3.8, 4) is 0 Å². The number of hydrogen-bond donors (Lipinski definition) is 2. The summed E-state index contributed by atoms with van der Waals surface area (Å²) in [5, 5.41) is 18.2. The van der Waals surface area contributed by atoms with E-state index in [9.17, 15) is 19.5 Å². The van der Waals surface area contributed by atoms with Gasteiger partial charge in [0.15, 0.2) is 0 Å². The van der Waals surface area contributed by atoms with Gasteiger partial charge in [0.1, 0.15) is 17.2 Å². The highest BCUT2D eigenvalue weighted by Gasteiger charge is 2.39. The van der Waals surface area contributed by atoms with Gasteiger partial charge in [0.2, 0.25) is 0 Å². The maximum atomic E-state index is 12.3. The van der Waals surface area contributed by atoms with Gasteiger partial charge in [0.05, 0.1) is 0 Å². The van der Waals surface area contributed by atoms with Crippen LogP contribution >= 0.6 is 0 Å². The van der Waals surface area contributed by atoms with Gasteiger partial charge in [-0.3, -0.25) is 0 Å². The number of carboxylic acid groups (broad SMARTS) is 1. The molecule has 0 saturated heterocycles. The molecule has 2 amide bonds. The Labute approximate surface area is 136 Å². The van der Waals surface area contributed by atoms with E-state index in [1.54, 1.807) is 41.5 Å². The summed E-state index contributed by atoms with van der Waals surface area (Å²) in [4.78, 5) is 36.4. The van der Waals surface area contributed by atoms with E-state index in [0.29, 0.717) is 4.90 Å².